The third kappa shape index (κ3) is 3.65. The molecule has 0 bridgehead atoms. The second-order valence-electron chi connectivity index (χ2n) is 7.32. The maximum absolute atomic E-state index is 10.1. The van der Waals surface area contributed by atoms with Crippen LogP contribution in [0.1, 0.15) is 12.6 Å². The number of hydrogen-bond acceptors (Lipinski definition) is 7. The molecule has 160 valence electrons. The zero-order valence-electron chi connectivity index (χ0n) is 17.2. The highest BCUT2D eigenvalue weighted by Crippen LogP contribution is 2.34. The standard InChI is InChI=1S/C22H22ClN5O2S/c1-3-17-20(26(2)21-25-18(13-31-21)14-4-6-15(23)7-5-14)28-12-16(8-9-19(28)24-17)27-10-11-30-22(27)29/h4-9,12-13,22,29H,3,10-11H2,1-2H3. The molecular formula is C22H22ClN5O2S. The Bertz CT molecular complexity index is 1220. The van der Waals surface area contributed by atoms with Crippen LogP contribution < -0.4 is 9.80 Å². The van der Waals surface area contributed by atoms with E-state index in [0.717, 1.165) is 45.7 Å². The minimum absolute atomic E-state index is 0.503. The van der Waals surface area contributed by atoms with Gasteiger partial charge < -0.3 is 19.6 Å². The van der Waals surface area contributed by atoms with Crippen LogP contribution in [0.5, 0.6) is 0 Å². The molecule has 7 nitrogen and oxygen atoms in total. The van der Waals surface area contributed by atoms with Crippen LogP contribution >= 0.6 is 22.9 Å². The van der Waals surface area contributed by atoms with E-state index < -0.39 is 6.41 Å². The van der Waals surface area contributed by atoms with Crippen LogP contribution in [-0.2, 0) is 11.2 Å². The van der Waals surface area contributed by atoms with E-state index in [2.05, 4.69) is 16.2 Å². The summed E-state index contributed by atoms with van der Waals surface area (Å²) in [6.45, 7) is 3.24. The second kappa shape index (κ2) is 8.12. The van der Waals surface area contributed by atoms with Gasteiger partial charge in [0.05, 0.1) is 23.7 Å². The van der Waals surface area contributed by atoms with Crippen molar-refractivity contribution in [3.63, 3.8) is 0 Å². The number of aromatic nitrogens is 3. The number of anilines is 3. The van der Waals surface area contributed by atoms with Crippen LogP contribution in [-0.4, -0.2) is 46.1 Å². The zero-order chi connectivity index (χ0) is 21.5. The highest BCUT2D eigenvalue weighted by atomic mass is 35.5. The normalized spacial score (nSPS) is 16.4. The number of fused-ring (bicyclic) bond motifs is 1. The molecule has 3 aromatic heterocycles. The van der Waals surface area contributed by atoms with Crippen molar-refractivity contribution in [2.24, 2.45) is 0 Å². The number of nitrogens with zero attached hydrogens (tertiary/aromatic N) is 5. The van der Waals surface area contributed by atoms with Gasteiger partial charge in [0.15, 0.2) is 5.13 Å². The van der Waals surface area contributed by atoms with Crippen LogP contribution in [0.15, 0.2) is 48.0 Å². The van der Waals surface area contributed by atoms with E-state index in [1.54, 1.807) is 11.3 Å². The number of aliphatic hydroxyl groups excluding tert-OH is 1. The molecule has 1 N–H and O–H groups in total. The van der Waals surface area contributed by atoms with Gasteiger partial charge >= 0.3 is 0 Å². The van der Waals surface area contributed by atoms with Crippen LogP contribution in [0.3, 0.4) is 0 Å². The van der Waals surface area contributed by atoms with Gasteiger partial charge in [-0.3, -0.25) is 4.40 Å². The minimum atomic E-state index is -0.923. The lowest BCUT2D eigenvalue weighted by Gasteiger charge is -2.22. The number of rotatable bonds is 5. The topological polar surface area (TPSA) is 66.1 Å². The summed E-state index contributed by atoms with van der Waals surface area (Å²) < 4.78 is 7.35. The molecule has 9 heteroatoms. The molecule has 1 aromatic carbocycles. The molecule has 0 saturated carbocycles. The molecule has 0 amide bonds. The average Bonchev–Trinajstić information content (AvgIpc) is 3.51. The molecule has 1 unspecified atom stereocenters. The fourth-order valence-corrected chi connectivity index (χ4v) is 4.74. The van der Waals surface area contributed by atoms with Gasteiger partial charge in [0.1, 0.15) is 11.5 Å². The number of halogens is 1. The first-order chi connectivity index (χ1) is 15.0. The van der Waals surface area contributed by atoms with Gasteiger partial charge in [-0.2, -0.15) is 0 Å². The van der Waals surface area contributed by atoms with Crippen molar-refractivity contribution in [1.82, 2.24) is 14.4 Å². The van der Waals surface area contributed by atoms with E-state index in [0.29, 0.717) is 18.2 Å². The summed E-state index contributed by atoms with van der Waals surface area (Å²) >= 11 is 7.60. The first-order valence-corrected chi connectivity index (χ1v) is 11.3. The predicted octanol–water partition coefficient (Wildman–Crippen LogP) is 4.55. The fourth-order valence-electron chi connectivity index (χ4n) is 3.81. The molecule has 1 saturated heterocycles. The summed E-state index contributed by atoms with van der Waals surface area (Å²) in [5.41, 5.74) is 4.66. The Morgan fingerprint density at radius 1 is 1.23 bits per heavy atom. The Morgan fingerprint density at radius 2 is 2.03 bits per heavy atom. The summed E-state index contributed by atoms with van der Waals surface area (Å²) in [6, 6.07) is 11.6. The largest absolute Gasteiger partial charge is 0.351 e. The fraction of sp³-hybridized carbons (Fsp3) is 0.273. The maximum atomic E-state index is 10.1. The molecule has 1 aliphatic rings. The summed E-state index contributed by atoms with van der Waals surface area (Å²) in [4.78, 5) is 13.6. The van der Waals surface area contributed by atoms with Gasteiger partial charge in [0, 0.05) is 35.8 Å². The van der Waals surface area contributed by atoms with Crippen molar-refractivity contribution < 1.29 is 9.84 Å². The minimum Gasteiger partial charge on any atom is -0.351 e. The third-order valence-corrected chi connectivity index (χ3v) is 6.59. The maximum Gasteiger partial charge on any atom is 0.238 e. The molecule has 1 fully saturated rings. The lowest BCUT2D eigenvalue weighted by atomic mass is 10.2. The molecule has 4 aromatic rings. The van der Waals surface area contributed by atoms with Crippen molar-refractivity contribution >= 4 is 45.2 Å². The molecular weight excluding hydrogens is 434 g/mol. The molecule has 5 rings (SSSR count). The molecule has 31 heavy (non-hydrogen) atoms. The third-order valence-electron chi connectivity index (χ3n) is 5.42. The Balaban J connectivity index is 1.54. The number of pyridine rings is 1. The van der Waals surface area contributed by atoms with Gasteiger partial charge in [0.2, 0.25) is 6.41 Å². The number of hydrogen-bond donors (Lipinski definition) is 1. The van der Waals surface area contributed by atoms with E-state index in [1.165, 1.54) is 0 Å². The van der Waals surface area contributed by atoms with Crippen molar-refractivity contribution in [2.75, 3.05) is 30.0 Å². The molecule has 0 aliphatic carbocycles. The lowest BCUT2D eigenvalue weighted by Crippen LogP contribution is -2.29. The second-order valence-corrected chi connectivity index (χ2v) is 8.60. The highest BCUT2D eigenvalue weighted by Gasteiger charge is 2.25. The first-order valence-electron chi connectivity index (χ1n) is 10.1. The molecule has 1 atom stereocenters. The number of aliphatic hydroxyl groups is 1. The van der Waals surface area contributed by atoms with E-state index in [-0.39, 0.29) is 0 Å². The number of thiazole rings is 1. The smallest absolute Gasteiger partial charge is 0.238 e. The van der Waals surface area contributed by atoms with Crippen LogP contribution in [0.25, 0.3) is 16.9 Å². The SMILES string of the molecule is CCc1nc2ccc(N3CCOC3O)cn2c1N(C)c1nc(-c2ccc(Cl)cc2)cs1. The molecule has 1 aliphatic heterocycles. The number of benzene rings is 1. The first kappa shape index (κ1) is 20.3. The predicted molar refractivity (Wildman–Crippen MR) is 124 cm³/mol. The molecule has 0 spiro atoms. The number of imidazole rings is 1. The molecule has 4 heterocycles. The van der Waals surface area contributed by atoms with Crippen molar-refractivity contribution in [2.45, 2.75) is 19.8 Å². The summed E-state index contributed by atoms with van der Waals surface area (Å²) in [7, 11) is 2.01. The van der Waals surface area contributed by atoms with Gasteiger partial charge in [-0.15, -0.1) is 11.3 Å². The van der Waals surface area contributed by atoms with Crippen molar-refractivity contribution in [1.29, 1.82) is 0 Å². The summed E-state index contributed by atoms with van der Waals surface area (Å²) in [6.07, 6.45) is 1.87. The highest BCUT2D eigenvalue weighted by molar-refractivity contribution is 7.14. The van der Waals surface area contributed by atoms with E-state index >= 15 is 0 Å². The Morgan fingerprint density at radius 3 is 2.74 bits per heavy atom. The van der Waals surface area contributed by atoms with Crippen LogP contribution in [0.4, 0.5) is 16.6 Å². The van der Waals surface area contributed by atoms with Gasteiger partial charge in [-0.05, 0) is 30.7 Å². The van der Waals surface area contributed by atoms with Gasteiger partial charge in [-0.25, -0.2) is 9.97 Å². The summed E-state index contributed by atoms with van der Waals surface area (Å²) in [5, 5.41) is 13.7. The van der Waals surface area contributed by atoms with E-state index in [9.17, 15) is 5.11 Å². The van der Waals surface area contributed by atoms with Gasteiger partial charge in [0.25, 0.3) is 0 Å². The summed E-state index contributed by atoms with van der Waals surface area (Å²) in [5.74, 6) is 0.964. The number of ether oxygens (including phenoxy) is 1. The van der Waals surface area contributed by atoms with Crippen molar-refractivity contribution in [3.05, 3.63) is 58.7 Å². The Kier molecular flexibility index (Phi) is 5.31. The van der Waals surface area contributed by atoms with Crippen molar-refractivity contribution in [3.8, 4) is 11.3 Å². The lowest BCUT2D eigenvalue weighted by molar-refractivity contribution is -0.0573. The number of aryl methyl sites for hydroxylation is 1. The van der Waals surface area contributed by atoms with Gasteiger partial charge in [-0.1, -0.05) is 30.7 Å². The molecule has 0 radical (unpaired) electrons. The van der Waals surface area contributed by atoms with E-state index in [1.807, 2.05) is 59.9 Å². The van der Waals surface area contributed by atoms with E-state index in [4.69, 9.17) is 26.3 Å². The zero-order valence-corrected chi connectivity index (χ0v) is 18.8. The van der Waals surface area contributed by atoms with Crippen LogP contribution in [0, 0.1) is 0 Å². The Labute approximate surface area is 189 Å². The van der Waals surface area contributed by atoms with Crippen LogP contribution in [0.2, 0.25) is 5.02 Å². The average molecular weight is 456 g/mol. The Hall–Kier alpha value is -2.65. The monoisotopic (exact) mass is 455 g/mol. The quantitative estimate of drug-likeness (QED) is 0.476.